The van der Waals surface area contributed by atoms with Crippen molar-refractivity contribution < 1.29 is 9.53 Å². The molecule has 10 nitrogen and oxygen atoms in total. The second-order valence-corrected chi connectivity index (χ2v) is 6.39. The number of rotatable bonds is 9. The number of aliphatic imine (C=N–C) groups is 1. The second kappa shape index (κ2) is 10.8. The van der Waals surface area contributed by atoms with Crippen molar-refractivity contribution in [2.45, 2.75) is 26.2 Å². The smallest absolute Gasteiger partial charge is 0.280 e. The van der Waals surface area contributed by atoms with Crippen LogP contribution in [0.2, 0.25) is 0 Å². The van der Waals surface area contributed by atoms with Crippen molar-refractivity contribution in [2.75, 3.05) is 31.2 Å². The first-order valence-corrected chi connectivity index (χ1v) is 9.33. The Morgan fingerprint density at radius 2 is 1.86 bits per heavy atom. The molecule has 1 heterocycles. The number of hydrogen-bond acceptors (Lipinski definition) is 8. The van der Waals surface area contributed by atoms with Gasteiger partial charge in [0.25, 0.3) is 5.91 Å². The number of aryl methyl sites for hydroxylation is 2. The molecule has 2 rings (SSSR count). The Balaban J connectivity index is 1.74. The molecule has 0 radical (unpaired) electrons. The second-order valence-electron chi connectivity index (χ2n) is 6.39. The molecule has 0 aliphatic carbocycles. The molecule has 0 saturated heterocycles. The number of nitrogens with two attached hydrogens (primary N) is 4. The van der Waals surface area contributed by atoms with E-state index in [1.165, 1.54) is 5.56 Å². The minimum Gasteiger partial charge on any atom is -0.492 e. The average molecular weight is 400 g/mol. The van der Waals surface area contributed by atoms with Crippen molar-refractivity contribution in [1.29, 1.82) is 0 Å². The maximum absolute atomic E-state index is 12.2. The average Bonchev–Trinajstić information content (AvgIpc) is 2.69. The number of aromatic nitrogens is 2. The predicted molar refractivity (Wildman–Crippen MR) is 113 cm³/mol. The number of ether oxygens (including phenoxy) is 1. The highest BCUT2D eigenvalue weighted by Crippen LogP contribution is 2.14. The Kier molecular flexibility index (Phi) is 8.16. The van der Waals surface area contributed by atoms with Crippen molar-refractivity contribution in [3.63, 3.8) is 0 Å². The number of unbranched alkanes of at least 4 members (excludes halogenated alkanes) is 1. The molecule has 0 saturated carbocycles. The molecule has 1 aromatic carbocycles. The minimum absolute atomic E-state index is 0.00656. The van der Waals surface area contributed by atoms with E-state index in [-0.39, 0.29) is 23.3 Å². The van der Waals surface area contributed by atoms with Gasteiger partial charge in [-0.1, -0.05) is 12.1 Å². The minimum atomic E-state index is -0.573. The van der Waals surface area contributed by atoms with Gasteiger partial charge in [0.2, 0.25) is 0 Å². The van der Waals surface area contributed by atoms with E-state index in [0.29, 0.717) is 25.4 Å². The third-order valence-electron chi connectivity index (χ3n) is 4.06. The molecule has 0 spiro atoms. The monoisotopic (exact) mass is 400 g/mol. The summed E-state index contributed by atoms with van der Waals surface area (Å²) in [6.07, 6.45) is 2.67. The molecule has 1 amide bonds. The van der Waals surface area contributed by atoms with Crippen LogP contribution in [0.1, 0.15) is 34.6 Å². The molecule has 0 aliphatic rings. The van der Waals surface area contributed by atoms with Gasteiger partial charge >= 0.3 is 0 Å². The third-order valence-corrected chi connectivity index (χ3v) is 4.06. The Morgan fingerprint density at radius 3 is 2.55 bits per heavy atom. The highest BCUT2D eigenvalue weighted by Gasteiger charge is 2.15. The molecule has 156 valence electrons. The molecule has 0 bridgehead atoms. The first kappa shape index (κ1) is 21.9. The van der Waals surface area contributed by atoms with Crippen LogP contribution in [-0.2, 0) is 6.42 Å². The van der Waals surface area contributed by atoms with Gasteiger partial charge in [-0.25, -0.2) is 9.97 Å². The number of nitrogen functional groups attached to an aromatic ring is 2. The molecule has 0 aliphatic heterocycles. The zero-order valence-corrected chi connectivity index (χ0v) is 16.5. The summed E-state index contributed by atoms with van der Waals surface area (Å²) in [6.45, 7) is 3.13. The number of nitrogens with one attached hydrogen (secondary N) is 1. The Hall–Kier alpha value is -3.40. The lowest BCUT2D eigenvalue weighted by Crippen LogP contribution is -2.38. The number of benzene rings is 1. The summed E-state index contributed by atoms with van der Waals surface area (Å²) in [5.41, 5.74) is 24.1. The zero-order chi connectivity index (χ0) is 21.2. The molecule has 29 heavy (non-hydrogen) atoms. The Labute approximate surface area is 169 Å². The molecule has 0 atom stereocenters. The van der Waals surface area contributed by atoms with Crippen LogP contribution in [-0.4, -0.2) is 41.5 Å². The normalized spacial score (nSPS) is 11.3. The van der Waals surface area contributed by atoms with Gasteiger partial charge in [-0.2, -0.15) is 0 Å². The molecular weight excluding hydrogens is 372 g/mol. The number of carbonyl (C=O) groups is 1. The molecule has 0 fully saturated rings. The fraction of sp³-hybridized carbons (Fsp3) is 0.368. The number of nitrogens with zero attached hydrogens (tertiary/aromatic N) is 3. The van der Waals surface area contributed by atoms with Crippen molar-refractivity contribution in [1.82, 2.24) is 15.3 Å². The molecule has 9 N–H and O–H groups in total. The largest absolute Gasteiger partial charge is 0.492 e. The number of amides is 1. The molecule has 0 unspecified atom stereocenters. The van der Waals surface area contributed by atoms with Crippen LogP contribution in [0.15, 0.2) is 29.3 Å². The van der Waals surface area contributed by atoms with E-state index in [0.717, 1.165) is 25.0 Å². The Morgan fingerprint density at radius 1 is 1.14 bits per heavy atom. The predicted octanol–water partition coefficient (Wildman–Crippen LogP) is 0.354. The van der Waals surface area contributed by atoms with E-state index in [1.807, 2.05) is 24.3 Å². The first-order valence-electron chi connectivity index (χ1n) is 9.33. The summed E-state index contributed by atoms with van der Waals surface area (Å²) < 4.78 is 5.45. The van der Waals surface area contributed by atoms with Crippen molar-refractivity contribution >= 4 is 23.5 Å². The van der Waals surface area contributed by atoms with E-state index in [2.05, 4.69) is 20.3 Å². The highest BCUT2D eigenvalue weighted by atomic mass is 16.5. The topological polar surface area (TPSA) is 181 Å². The maximum atomic E-state index is 12.2. The van der Waals surface area contributed by atoms with E-state index in [1.54, 1.807) is 6.92 Å². The van der Waals surface area contributed by atoms with Crippen LogP contribution in [0.25, 0.3) is 0 Å². The van der Waals surface area contributed by atoms with Crippen LogP contribution >= 0.6 is 0 Å². The van der Waals surface area contributed by atoms with Gasteiger partial charge in [-0.05, 0) is 43.9 Å². The zero-order valence-electron chi connectivity index (χ0n) is 16.5. The maximum Gasteiger partial charge on any atom is 0.280 e. The van der Waals surface area contributed by atoms with Gasteiger partial charge in [-0.3, -0.25) is 15.1 Å². The number of guanidine groups is 1. The van der Waals surface area contributed by atoms with E-state index >= 15 is 0 Å². The van der Waals surface area contributed by atoms with Gasteiger partial charge in [-0.15, -0.1) is 0 Å². The van der Waals surface area contributed by atoms with Gasteiger partial charge in [0.1, 0.15) is 18.2 Å². The number of hydrogen-bond donors (Lipinski definition) is 5. The van der Waals surface area contributed by atoms with Crippen LogP contribution in [0.4, 0.5) is 11.6 Å². The van der Waals surface area contributed by atoms with Gasteiger partial charge < -0.3 is 27.7 Å². The lowest BCUT2D eigenvalue weighted by atomic mass is 10.1. The number of anilines is 2. The van der Waals surface area contributed by atoms with Gasteiger partial charge in [0, 0.05) is 13.1 Å². The summed E-state index contributed by atoms with van der Waals surface area (Å²) in [5, 5.41) is 2.46. The lowest BCUT2D eigenvalue weighted by molar-refractivity contribution is 0.0972. The molecular formula is C19H28N8O2. The number of carbonyl (C=O) groups excluding carboxylic acids is 1. The van der Waals surface area contributed by atoms with Crippen molar-refractivity contribution in [2.24, 2.45) is 16.5 Å². The summed E-state index contributed by atoms with van der Waals surface area (Å²) in [6, 6.07) is 7.93. The quantitative estimate of drug-likeness (QED) is 0.227. The SMILES string of the molecule is Cc1nc(C(=O)NC(N)=NCCCCc2ccc(OCCN)cc2)c(N)nc1N. The highest BCUT2D eigenvalue weighted by molar-refractivity contribution is 6.06. The van der Waals surface area contributed by atoms with Crippen molar-refractivity contribution in [3.8, 4) is 5.75 Å². The van der Waals surface area contributed by atoms with E-state index < -0.39 is 5.91 Å². The molecule has 1 aromatic heterocycles. The van der Waals surface area contributed by atoms with Crippen LogP contribution in [0, 0.1) is 6.92 Å². The van der Waals surface area contributed by atoms with Crippen molar-refractivity contribution in [3.05, 3.63) is 41.2 Å². The standard InChI is InChI=1S/C19H28N8O2/c1-12-16(21)26-17(22)15(25-12)18(28)27-19(23)24-10-3-2-4-13-5-7-14(8-6-13)29-11-9-20/h5-8H,2-4,9-11,20H2,1H3,(H4,21,22,26)(H3,23,24,27,28). The fourth-order valence-corrected chi connectivity index (χ4v) is 2.50. The van der Waals surface area contributed by atoms with Crippen LogP contribution < -0.4 is 33.0 Å². The molecule has 2 aromatic rings. The van der Waals surface area contributed by atoms with Crippen LogP contribution in [0.3, 0.4) is 0 Å². The summed E-state index contributed by atoms with van der Waals surface area (Å²) in [7, 11) is 0. The first-order chi connectivity index (χ1) is 13.9. The van der Waals surface area contributed by atoms with Gasteiger partial charge in [0.15, 0.2) is 17.5 Å². The molecule has 10 heteroatoms. The summed E-state index contributed by atoms with van der Waals surface area (Å²) in [4.78, 5) is 24.3. The summed E-state index contributed by atoms with van der Waals surface area (Å²) >= 11 is 0. The van der Waals surface area contributed by atoms with E-state index in [9.17, 15) is 4.79 Å². The third kappa shape index (κ3) is 6.92. The fourth-order valence-electron chi connectivity index (χ4n) is 2.50. The van der Waals surface area contributed by atoms with E-state index in [4.69, 9.17) is 27.7 Å². The summed E-state index contributed by atoms with van der Waals surface area (Å²) in [5.74, 6) is 0.369. The lowest BCUT2D eigenvalue weighted by Gasteiger charge is -2.08. The Bertz CT molecular complexity index is 852. The van der Waals surface area contributed by atoms with Gasteiger partial charge in [0.05, 0.1) is 5.69 Å². The van der Waals surface area contributed by atoms with Crippen LogP contribution in [0.5, 0.6) is 5.75 Å².